The molecule has 2 aromatic carbocycles. The number of benzene rings is 2. The Bertz CT molecular complexity index is 598. The third-order valence-electron chi connectivity index (χ3n) is 2.66. The standard InChI is InChI=1S/C17H15NO/c18-17(19)16(13-15-9-5-2-6-10-15)12-11-14-7-3-1-4-8-14/h1-13H,(H2,18,19)/b12-11+,16-13?. The third kappa shape index (κ3) is 3.96. The largest absolute Gasteiger partial charge is 0.366 e. The Morgan fingerprint density at radius 3 is 1.89 bits per heavy atom. The Hall–Kier alpha value is -2.61. The van der Waals surface area contributed by atoms with Crippen LogP contribution in [0.2, 0.25) is 0 Å². The molecule has 0 spiro atoms. The quantitative estimate of drug-likeness (QED) is 0.656. The number of nitrogens with two attached hydrogens (primary N) is 1. The van der Waals surface area contributed by atoms with Crippen molar-refractivity contribution in [1.29, 1.82) is 0 Å². The van der Waals surface area contributed by atoms with E-state index in [1.807, 2.05) is 66.7 Å². The second kappa shape index (κ2) is 6.36. The van der Waals surface area contributed by atoms with Crippen molar-refractivity contribution >= 4 is 18.1 Å². The van der Waals surface area contributed by atoms with Crippen LogP contribution in [0.5, 0.6) is 0 Å². The molecule has 0 unspecified atom stereocenters. The van der Waals surface area contributed by atoms with E-state index in [0.29, 0.717) is 5.57 Å². The molecule has 0 saturated heterocycles. The minimum absolute atomic E-state index is 0.434. The van der Waals surface area contributed by atoms with Crippen molar-refractivity contribution in [2.45, 2.75) is 0 Å². The van der Waals surface area contributed by atoms with Crippen LogP contribution in [0.25, 0.3) is 12.2 Å². The van der Waals surface area contributed by atoms with E-state index in [9.17, 15) is 4.79 Å². The average Bonchev–Trinajstić information content (AvgIpc) is 2.45. The van der Waals surface area contributed by atoms with Crippen molar-refractivity contribution in [2.24, 2.45) is 5.73 Å². The monoisotopic (exact) mass is 249 g/mol. The molecule has 0 aliphatic heterocycles. The van der Waals surface area contributed by atoms with E-state index in [4.69, 9.17) is 5.73 Å². The highest BCUT2D eigenvalue weighted by molar-refractivity contribution is 6.00. The first kappa shape index (κ1) is 12.8. The average molecular weight is 249 g/mol. The summed E-state index contributed by atoms with van der Waals surface area (Å²) >= 11 is 0. The summed E-state index contributed by atoms with van der Waals surface area (Å²) < 4.78 is 0. The smallest absolute Gasteiger partial charge is 0.248 e. The van der Waals surface area contributed by atoms with Gasteiger partial charge < -0.3 is 5.73 Å². The fourth-order valence-electron chi connectivity index (χ4n) is 1.68. The van der Waals surface area contributed by atoms with Crippen LogP contribution in [0, 0.1) is 0 Å². The highest BCUT2D eigenvalue weighted by Crippen LogP contribution is 2.10. The van der Waals surface area contributed by atoms with Crippen LogP contribution in [0.4, 0.5) is 0 Å². The number of carbonyl (C=O) groups is 1. The van der Waals surface area contributed by atoms with E-state index in [1.54, 1.807) is 12.2 Å². The summed E-state index contributed by atoms with van der Waals surface area (Å²) in [4.78, 5) is 11.4. The summed E-state index contributed by atoms with van der Waals surface area (Å²) in [5, 5.41) is 0. The Balaban J connectivity index is 2.25. The zero-order valence-corrected chi connectivity index (χ0v) is 10.5. The molecule has 2 nitrogen and oxygen atoms in total. The summed E-state index contributed by atoms with van der Waals surface area (Å²) in [6.45, 7) is 0. The molecule has 2 heteroatoms. The molecule has 0 aliphatic rings. The maximum absolute atomic E-state index is 11.4. The molecule has 0 fully saturated rings. The van der Waals surface area contributed by atoms with Crippen LogP contribution in [0.1, 0.15) is 11.1 Å². The molecule has 0 heterocycles. The Kier molecular flexibility index (Phi) is 4.29. The van der Waals surface area contributed by atoms with E-state index < -0.39 is 5.91 Å². The molecular formula is C17H15NO. The normalized spacial score (nSPS) is 11.7. The number of hydrogen-bond donors (Lipinski definition) is 1. The van der Waals surface area contributed by atoms with Gasteiger partial charge in [-0.05, 0) is 23.3 Å². The van der Waals surface area contributed by atoms with Gasteiger partial charge >= 0.3 is 0 Å². The second-order valence-electron chi connectivity index (χ2n) is 4.12. The summed E-state index contributed by atoms with van der Waals surface area (Å²) in [5.74, 6) is -0.434. The summed E-state index contributed by atoms with van der Waals surface area (Å²) in [6.07, 6.45) is 5.39. The minimum Gasteiger partial charge on any atom is -0.366 e. The van der Waals surface area contributed by atoms with Crippen molar-refractivity contribution in [1.82, 2.24) is 0 Å². The number of rotatable bonds is 4. The van der Waals surface area contributed by atoms with Crippen molar-refractivity contribution in [3.05, 3.63) is 83.4 Å². The minimum atomic E-state index is -0.434. The summed E-state index contributed by atoms with van der Waals surface area (Å²) in [6, 6.07) is 19.4. The molecule has 0 atom stereocenters. The molecule has 0 aromatic heterocycles. The fourth-order valence-corrected chi connectivity index (χ4v) is 1.68. The van der Waals surface area contributed by atoms with E-state index in [1.165, 1.54) is 0 Å². The van der Waals surface area contributed by atoms with Crippen LogP contribution >= 0.6 is 0 Å². The van der Waals surface area contributed by atoms with Gasteiger partial charge in [0.2, 0.25) is 5.91 Å². The number of primary amides is 1. The van der Waals surface area contributed by atoms with Crippen LogP contribution in [-0.2, 0) is 4.79 Å². The molecule has 2 N–H and O–H groups in total. The zero-order valence-electron chi connectivity index (χ0n) is 10.5. The van der Waals surface area contributed by atoms with Crippen molar-refractivity contribution in [2.75, 3.05) is 0 Å². The molecule has 0 saturated carbocycles. The molecule has 2 rings (SSSR count). The van der Waals surface area contributed by atoms with Crippen molar-refractivity contribution in [3.8, 4) is 0 Å². The highest BCUT2D eigenvalue weighted by Gasteiger charge is 2.00. The molecule has 2 aromatic rings. The van der Waals surface area contributed by atoms with Gasteiger partial charge in [0.1, 0.15) is 0 Å². The maximum Gasteiger partial charge on any atom is 0.248 e. The van der Waals surface area contributed by atoms with Crippen LogP contribution in [-0.4, -0.2) is 5.91 Å². The van der Waals surface area contributed by atoms with E-state index in [0.717, 1.165) is 11.1 Å². The molecule has 1 amide bonds. The van der Waals surface area contributed by atoms with Gasteiger partial charge in [0.05, 0.1) is 0 Å². The number of carbonyl (C=O) groups excluding carboxylic acids is 1. The lowest BCUT2D eigenvalue weighted by atomic mass is 10.1. The zero-order chi connectivity index (χ0) is 13.5. The summed E-state index contributed by atoms with van der Waals surface area (Å²) in [7, 11) is 0. The van der Waals surface area contributed by atoms with Gasteiger partial charge in [-0.3, -0.25) is 4.79 Å². The Morgan fingerprint density at radius 1 is 0.842 bits per heavy atom. The lowest BCUT2D eigenvalue weighted by molar-refractivity contribution is -0.114. The molecule has 0 aliphatic carbocycles. The van der Waals surface area contributed by atoms with Gasteiger partial charge in [-0.15, -0.1) is 0 Å². The van der Waals surface area contributed by atoms with E-state index >= 15 is 0 Å². The molecular weight excluding hydrogens is 234 g/mol. The van der Waals surface area contributed by atoms with Crippen LogP contribution in [0.3, 0.4) is 0 Å². The third-order valence-corrected chi connectivity index (χ3v) is 2.66. The first-order valence-corrected chi connectivity index (χ1v) is 6.05. The van der Waals surface area contributed by atoms with Crippen LogP contribution in [0.15, 0.2) is 72.3 Å². The molecule has 0 radical (unpaired) electrons. The first-order chi connectivity index (χ1) is 9.25. The highest BCUT2D eigenvalue weighted by atomic mass is 16.1. The van der Waals surface area contributed by atoms with Gasteiger partial charge in [-0.1, -0.05) is 66.7 Å². The van der Waals surface area contributed by atoms with Gasteiger partial charge in [0.15, 0.2) is 0 Å². The maximum atomic E-state index is 11.4. The van der Waals surface area contributed by atoms with E-state index in [-0.39, 0.29) is 0 Å². The lowest BCUT2D eigenvalue weighted by Gasteiger charge is -1.98. The SMILES string of the molecule is NC(=O)C(=Cc1ccccc1)/C=C/c1ccccc1. The Morgan fingerprint density at radius 2 is 1.37 bits per heavy atom. The first-order valence-electron chi connectivity index (χ1n) is 6.05. The number of amides is 1. The van der Waals surface area contributed by atoms with Gasteiger partial charge in [0, 0.05) is 5.57 Å². The van der Waals surface area contributed by atoms with Crippen molar-refractivity contribution < 1.29 is 4.79 Å². The number of hydrogen-bond acceptors (Lipinski definition) is 1. The van der Waals surface area contributed by atoms with Gasteiger partial charge in [0.25, 0.3) is 0 Å². The van der Waals surface area contributed by atoms with E-state index in [2.05, 4.69) is 0 Å². The molecule has 0 bridgehead atoms. The Labute approximate surface area is 112 Å². The lowest BCUT2D eigenvalue weighted by Crippen LogP contribution is -2.12. The van der Waals surface area contributed by atoms with Gasteiger partial charge in [-0.2, -0.15) is 0 Å². The second-order valence-corrected chi connectivity index (χ2v) is 4.12. The van der Waals surface area contributed by atoms with Crippen molar-refractivity contribution in [3.63, 3.8) is 0 Å². The topological polar surface area (TPSA) is 43.1 Å². The summed E-state index contributed by atoms with van der Waals surface area (Å²) in [5.41, 5.74) is 7.85. The molecule has 19 heavy (non-hydrogen) atoms. The molecule has 94 valence electrons. The van der Waals surface area contributed by atoms with Crippen LogP contribution < -0.4 is 5.73 Å². The van der Waals surface area contributed by atoms with Gasteiger partial charge in [-0.25, -0.2) is 0 Å². The fraction of sp³-hybridized carbons (Fsp3) is 0. The predicted octanol–water partition coefficient (Wildman–Crippen LogP) is 3.27. The predicted molar refractivity (Wildman–Crippen MR) is 79.1 cm³/mol.